The van der Waals surface area contributed by atoms with E-state index in [0.29, 0.717) is 31.7 Å². The van der Waals surface area contributed by atoms with Crippen molar-refractivity contribution >= 4 is 62.6 Å². The van der Waals surface area contributed by atoms with Gasteiger partial charge in [0.2, 0.25) is 0 Å². The minimum absolute atomic E-state index is 0.225. The van der Waals surface area contributed by atoms with Crippen molar-refractivity contribution in [2.24, 2.45) is 5.10 Å². The SMILES string of the molecule is Cc1cc(/C=N/NC(=O)CN(c2ccc(Cl)c(C(F)(F)F)c2)S(=O)(=O)c2ccccc2)c(C)n1-c1cc(Cl)ccc1Cl. The van der Waals surface area contributed by atoms with Crippen LogP contribution in [0.15, 0.2) is 82.8 Å². The van der Waals surface area contributed by atoms with Crippen LogP contribution in [0.4, 0.5) is 18.9 Å². The molecule has 4 aromatic rings. The van der Waals surface area contributed by atoms with Gasteiger partial charge in [0.25, 0.3) is 15.9 Å². The van der Waals surface area contributed by atoms with Gasteiger partial charge >= 0.3 is 6.18 Å². The van der Waals surface area contributed by atoms with E-state index in [0.717, 1.165) is 23.5 Å². The third kappa shape index (κ3) is 6.75. The molecule has 0 saturated carbocycles. The predicted molar refractivity (Wildman–Crippen MR) is 158 cm³/mol. The van der Waals surface area contributed by atoms with E-state index in [2.05, 4.69) is 10.5 Å². The normalized spacial score (nSPS) is 12.1. The van der Waals surface area contributed by atoms with E-state index >= 15 is 0 Å². The Kier molecular flexibility index (Phi) is 9.27. The number of sulfonamides is 1. The predicted octanol–water partition coefficient (Wildman–Crippen LogP) is 7.42. The van der Waals surface area contributed by atoms with Crippen LogP contribution in [0.1, 0.15) is 22.5 Å². The summed E-state index contributed by atoms with van der Waals surface area (Å²) in [6, 6.07) is 16.4. The fourth-order valence-electron chi connectivity index (χ4n) is 4.21. The number of nitrogens with one attached hydrogen (secondary N) is 1. The van der Waals surface area contributed by atoms with Crippen LogP contribution in [0.25, 0.3) is 5.69 Å². The standard InChI is InChI=1S/C28H22Cl3F3N4O3S/c1-17-12-19(18(2)38(17)26-13-20(29)8-10-25(26)31)15-35-36-27(39)16-37(42(40,41)22-6-4-3-5-7-22)21-9-11-24(30)23(14-21)28(32,33)34/h3-15H,16H2,1-2H3,(H,36,39)/b35-15+. The molecular formula is C28H22Cl3F3N4O3S. The van der Waals surface area contributed by atoms with Gasteiger partial charge in [0.15, 0.2) is 0 Å². The molecule has 14 heteroatoms. The topological polar surface area (TPSA) is 83.8 Å². The molecule has 0 spiro atoms. The Morgan fingerprint density at radius 1 is 0.976 bits per heavy atom. The van der Waals surface area contributed by atoms with Gasteiger partial charge in [0, 0.05) is 22.0 Å². The first-order valence-corrected chi connectivity index (χ1v) is 14.7. The Balaban J connectivity index is 1.62. The van der Waals surface area contributed by atoms with Crippen LogP contribution in [-0.2, 0) is 21.0 Å². The van der Waals surface area contributed by atoms with Crippen molar-refractivity contribution in [3.63, 3.8) is 0 Å². The van der Waals surface area contributed by atoms with Crippen LogP contribution >= 0.6 is 34.8 Å². The highest BCUT2D eigenvalue weighted by molar-refractivity contribution is 7.92. The van der Waals surface area contributed by atoms with Crippen LogP contribution in [0, 0.1) is 13.8 Å². The summed E-state index contributed by atoms with van der Waals surface area (Å²) in [5.41, 5.74) is 3.38. The molecule has 0 aliphatic rings. The fraction of sp³-hybridized carbons (Fsp3) is 0.143. The Morgan fingerprint density at radius 3 is 2.31 bits per heavy atom. The smallest absolute Gasteiger partial charge is 0.316 e. The zero-order valence-electron chi connectivity index (χ0n) is 22.0. The van der Waals surface area contributed by atoms with Gasteiger partial charge in [-0.2, -0.15) is 18.3 Å². The van der Waals surface area contributed by atoms with Crippen molar-refractivity contribution in [2.45, 2.75) is 24.9 Å². The molecule has 0 radical (unpaired) electrons. The summed E-state index contributed by atoms with van der Waals surface area (Å²) in [5.74, 6) is -0.902. The highest BCUT2D eigenvalue weighted by atomic mass is 35.5. The molecule has 7 nitrogen and oxygen atoms in total. The Hall–Kier alpha value is -3.51. The van der Waals surface area contributed by atoms with Gasteiger partial charge in [-0.05, 0) is 68.4 Å². The van der Waals surface area contributed by atoms with Gasteiger partial charge in [0.1, 0.15) is 6.54 Å². The summed E-state index contributed by atoms with van der Waals surface area (Å²) in [6.45, 7) is 2.78. The lowest BCUT2D eigenvalue weighted by atomic mass is 10.2. The quantitative estimate of drug-likeness (QED) is 0.158. The second kappa shape index (κ2) is 12.4. The molecule has 0 unspecified atom stereocenters. The van der Waals surface area contributed by atoms with Crippen LogP contribution in [0.5, 0.6) is 0 Å². The molecule has 0 saturated heterocycles. The van der Waals surface area contributed by atoms with Crippen LogP contribution in [-0.4, -0.2) is 31.7 Å². The van der Waals surface area contributed by atoms with E-state index < -0.39 is 44.9 Å². The van der Waals surface area contributed by atoms with Gasteiger partial charge in [-0.3, -0.25) is 9.10 Å². The minimum atomic E-state index is -4.86. The number of hydrogen-bond acceptors (Lipinski definition) is 4. The minimum Gasteiger partial charge on any atom is -0.316 e. The molecule has 4 rings (SSSR count). The summed E-state index contributed by atoms with van der Waals surface area (Å²) >= 11 is 18.2. The van der Waals surface area contributed by atoms with Gasteiger partial charge in [-0.15, -0.1) is 0 Å². The number of anilines is 1. The Labute approximate surface area is 255 Å². The summed E-state index contributed by atoms with van der Waals surface area (Å²) in [5, 5.41) is 4.28. The molecule has 0 aliphatic heterocycles. The van der Waals surface area contributed by atoms with Gasteiger partial charge < -0.3 is 4.57 Å². The molecule has 1 N–H and O–H groups in total. The van der Waals surface area contributed by atoms with E-state index in [-0.39, 0.29) is 4.90 Å². The zero-order valence-corrected chi connectivity index (χ0v) is 25.0. The highest BCUT2D eigenvalue weighted by Crippen LogP contribution is 2.38. The average Bonchev–Trinajstić information content (AvgIpc) is 3.21. The van der Waals surface area contributed by atoms with E-state index in [1.165, 1.54) is 30.5 Å². The number of aryl methyl sites for hydroxylation is 1. The lowest BCUT2D eigenvalue weighted by molar-refractivity contribution is -0.137. The monoisotopic (exact) mass is 656 g/mol. The Morgan fingerprint density at radius 2 is 1.64 bits per heavy atom. The van der Waals surface area contributed by atoms with E-state index in [9.17, 15) is 26.4 Å². The van der Waals surface area contributed by atoms with Crippen molar-refractivity contribution < 1.29 is 26.4 Å². The molecule has 0 aliphatic carbocycles. The molecule has 0 fully saturated rings. The average molecular weight is 658 g/mol. The van der Waals surface area contributed by atoms with Crippen LogP contribution < -0.4 is 9.73 Å². The number of alkyl halides is 3. The number of benzene rings is 3. The van der Waals surface area contributed by atoms with Gasteiger partial charge in [-0.1, -0.05) is 53.0 Å². The van der Waals surface area contributed by atoms with Crippen molar-refractivity contribution in [3.8, 4) is 5.69 Å². The van der Waals surface area contributed by atoms with Crippen molar-refractivity contribution in [2.75, 3.05) is 10.8 Å². The number of aromatic nitrogens is 1. The molecule has 1 heterocycles. The molecule has 0 bridgehead atoms. The third-order valence-corrected chi connectivity index (χ3v) is 8.85. The Bertz CT molecular complexity index is 1780. The summed E-state index contributed by atoms with van der Waals surface area (Å²) in [4.78, 5) is 12.7. The molecule has 3 aromatic carbocycles. The van der Waals surface area contributed by atoms with Crippen molar-refractivity contribution in [1.82, 2.24) is 9.99 Å². The summed E-state index contributed by atoms with van der Waals surface area (Å²) in [7, 11) is -4.47. The largest absolute Gasteiger partial charge is 0.417 e. The first-order valence-electron chi connectivity index (χ1n) is 12.1. The number of amides is 1. The zero-order chi connectivity index (χ0) is 30.8. The second-order valence-electron chi connectivity index (χ2n) is 9.04. The van der Waals surface area contributed by atoms with Gasteiger partial charge in [0.05, 0.1) is 38.1 Å². The maximum Gasteiger partial charge on any atom is 0.417 e. The third-order valence-electron chi connectivity index (χ3n) is 6.17. The number of nitrogens with zero attached hydrogens (tertiary/aromatic N) is 3. The molecule has 0 atom stereocenters. The number of halogens is 6. The lowest BCUT2D eigenvalue weighted by Gasteiger charge is -2.24. The maximum absolute atomic E-state index is 13.5. The molecule has 220 valence electrons. The number of rotatable bonds is 8. The molecule has 1 amide bonds. The first-order chi connectivity index (χ1) is 19.7. The van der Waals surface area contributed by atoms with E-state index in [1.807, 2.05) is 11.5 Å². The maximum atomic E-state index is 13.5. The van der Waals surface area contributed by atoms with Crippen LogP contribution in [0.3, 0.4) is 0 Å². The molecule has 1 aromatic heterocycles. The van der Waals surface area contributed by atoms with Crippen molar-refractivity contribution in [3.05, 3.63) is 110 Å². The van der Waals surface area contributed by atoms with Gasteiger partial charge in [-0.25, -0.2) is 13.8 Å². The number of hydrazone groups is 1. The molecular weight excluding hydrogens is 636 g/mol. The fourth-order valence-corrected chi connectivity index (χ4v) is 6.23. The summed E-state index contributed by atoms with van der Waals surface area (Å²) < 4.78 is 70.0. The molecule has 42 heavy (non-hydrogen) atoms. The second-order valence-corrected chi connectivity index (χ2v) is 12.2. The van der Waals surface area contributed by atoms with E-state index in [4.69, 9.17) is 34.8 Å². The summed E-state index contributed by atoms with van der Waals surface area (Å²) in [6.07, 6.45) is -3.50. The number of hydrogen-bond donors (Lipinski definition) is 1. The van der Waals surface area contributed by atoms with Crippen molar-refractivity contribution in [1.29, 1.82) is 0 Å². The highest BCUT2D eigenvalue weighted by Gasteiger charge is 2.35. The van der Waals surface area contributed by atoms with Crippen LogP contribution in [0.2, 0.25) is 15.1 Å². The number of carbonyl (C=O) groups excluding carboxylic acids is 1. The lowest BCUT2D eigenvalue weighted by Crippen LogP contribution is -2.39. The van der Waals surface area contributed by atoms with E-state index in [1.54, 1.807) is 37.3 Å². The first kappa shape index (κ1) is 31.4. The number of carbonyl (C=O) groups is 1.